The second kappa shape index (κ2) is 7.79. The van der Waals surface area contributed by atoms with E-state index in [1.54, 1.807) is 17.4 Å². The minimum absolute atomic E-state index is 0.223. The number of nitrogens with one attached hydrogen (secondary N) is 1. The Kier molecular flexibility index (Phi) is 4.86. The van der Waals surface area contributed by atoms with Crippen molar-refractivity contribution < 1.29 is 9.32 Å². The lowest BCUT2D eigenvalue weighted by Crippen LogP contribution is -2.25. The molecule has 0 saturated carbocycles. The lowest BCUT2D eigenvalue weighted by atomic mass is 9.90. The Labute approximate surface area is 172 Å². The van der Waals surface area contributed by atoms with Crippen molar-refractivity contribution in [3.05, 3.63) is 70.4 Å². The average Bonchev–Trinajstić information content (AvgIpc) is 3.40. The van der Waals surface area contributed by atoms with Crippen molar-refractivity contribution in [1.29, 1.82) is 0 Å². The van der Waals surface area contributed by atoms with Crippen LogP contribution in [0, 0.1) is 0 Å². The number of benzene rings is 2. The molecule has 1 amide bonds. The predicted molar refractivity (Wildman–Crippen MR) is 114 cm³/mol. The van der Waals surface area contributed by atoms with Crippen molar-refractivity contribution in [2.45, 2.75) is 32.1 Å². The molecule has 4 aromatic rings. The van der Waals surface area contributed by atoms with Gasteiger partial charge in [-0.25, -0.2) is 4.98 Å². The number of aryl methyl sites for hydroxylation is 2. The zero-order chi connectivity index (χ0) is 19.6. The number of rotatable bonds is 5. The first-order valence-electron chi connectivity index (χ1n) is 9.98. The smallest absolute Gasteiger partial charge is 0.273 e. The second-order valence-electron chi connectivity index (χ2n) is 7.35. The van der Waals surface area contributed by atoms with Gasteiger partial charge in [0.2, 0.25) is 0 Å². The van der Waals surface area contributed by atoms with E-state index in [2.05, 4.69) is 39.7 Å². The van der Waals surface area contributed by atoms with Crippen molar-refractivity contribution in [1.82, 2.24) is 15.5 Å². The number of carbonyl (C=O) groups excluding carboxylic acids is 1. The molecule has 29 heavy (non-hydrogen) atoms. The number of aromatic nitrogens is 2. The molecule has 2 aromatic carbocycles. The lowest BCUT2D eigenvalue weighted by molar-refractivity contribution is 0.0945. The van der Waals surface area contributed by atoms with Gasteiger partial charge in [-0.05, 0) is 55.0 Å². The minimum atomic E-state index is -0.223. The zero-order valence-corrected chi connectivity index (χ0v) is 16.8. The van der Waals surface area contributed by atoms with Crippen LogP contribution in [0.3, 0.4) is 0 Å². The molecule has 2 aromatic heterocycles. The fourth-order valence-corrected chi connectivity index (χ4v) is 4.77. The molecule has 0 atom stereocenters. The Morgan fingerprint density at radius 3 is 2.83 bits per heavy atom. The third-order valence-corrected chi connectivity index (χ3v) is 6.43. The molecule has 6 heteroatoms. The average molecular weight is 404 g/mol. The third kappa shape index (κ3) is 3.80. The molecule has 2 heterocycles. The van der Waals surface area contributed by atoms with Gasteiger partial charge in [-0.3, -0.25) is 4.79 Å². The van der Waals surface area contributed by atoms with E-state index in [0.717, 1.165) is 28.9 Å². The highest BCUT2D eigenvalue weighted by molar-refractivity contribution is 7.18. The van der Waals surface area contributed by atoms with Crippen molar-refractivity contribution in [2.75, 3.05) is 6.54 Å². The molecule has 146 valence electrons. The molecule has 1 aliphatic carbocycles. The monoisotopic (exact) mass is 403 g/mol. The van der Waals surface area contributed by atoms with Crippen molar-refractivity contribution in [2.24, 2.45) is 0 Å². The molecule has 0 bridgehead atoms. The summed E-state index contributed by atoms with van der Waals surface area (Å²) in [4.78, 5) is 17.0. The molecule has 0 radical (unpaired) electrons. The molecule has 1 N–H and O–H groups in total. The summed E-state index contributed by atoms with van der Waals surface area (Å²) in [5.41, 5.74) is 5.10. The second-order valence-corrected chi connectivity index (χ2v) is 8.46. The Morgan fingerprint density at radius 2 is 1.93 bits per heavy atom. The molecule has 0 saturated heterocycles. The molecular weight excluding hydrogens is 382 g/mol. The first-order chi connectivity index (χ1) is 14.3. The molecule has 5 rings (SSSR count). The summed E-state index contributed by atoms with van der Waals surface area (Å²) < 4.78 is 6.61. The first kappa shape index (κ1) is 18.1. The number of hydrogen-bond acceptors (Lipinski definition) is 5. The van der Waals surface area contributed by atoms with E-state index >= 15 is 0 Å². The normalized spacial score (nSPS) is 13.4. The summed E-state index contributed by atoms with van der Waals surface area (Å²) in [5, 5.41) is 7.89. The van der Waals surface area contributed by atoms with Gasteiger partial charge < -0.3 is 9.84 Å². The molecule has 0 fully saturated rings. The van der Waals surface area contributed by atoms with Crippen LogP contribution in [0.5, 0.6) is 0 Å². The predicted octanol–water partition coefficient (Wildman–Crippen LogP) is 4.80. The third-order valence-electron chi connectivity index (χ3n) is 5.34. The maximum atomic E-state index is 12.4. The van der Waals surface area contributed by atoms with Gasteiger partial charge in [0, 0.05) is 24.6 Å². The van der Waals surface area contributed by atoms with E-state index < -0.39 is 0 Å². The molecule has 5 nitrogen and oxygen atoms in total. The number of hydrogen-bond donors (Lipinski definition) is 1. The number of amides is 1. The van der Waals surface area contributed by atoms with Gasteiger partial charge in [0.1, 0.15) is 0 Å². The van der Waals surface area contributed by atoms with Crippen LogP contribution in [0.2, 0.25) is 0 Å². The number of nitrogens with zero attached hydrogens (tertiary/aromatic N) is 2. The molecule has 0 unspecified atom stereocenters. The van der Waals surface area contributed by atoms with Crippen LogP contribution in [-0.2, 0) is 19.3 Å². The van der Waals surface area contributed by atoms with Gasteiger partial charge >= 0.3 is 0 Å². The van der Waals surface area contributed by atoms with Gasteiger partial charge in [0.25, 0.3) is 5.91 Å². The standard InChI is InChI=1S/C23H21N3O2S/c27-23(24-12-11-22-25-18-7-3-4-8-21(18)29-22)19-14-20(28-26-19)17-10-9-15-5-1-2-6-16(15)13-17/h3-4,7-10,13-14H,1-2,5-6,11-12H2,(H,24,27). The SMILES string of the molecule is O=C(NCCc1nc2ccccc2s1)c1cc(-c2ccc3c(c2)CCCC3)on1. The van der Waals surface area contributed by atoms with Gasteiger partial charge in [0.05, 0.1) is 15.2 Å². The Balaban J connectivity index is 1.22. The quantitative estimate of drug-likeness (QED) is 0.520. The van der Waals surface area contributed by atoms with Crippen LogP contribution in [0.1, 0.15) is 39.5 Å². The molecule has 0 aliphatic heterocycles. The largest absolute Gasteiger partial charge is 0.355 e. The van der Waals surface area contributed by atoms with Crippen LogP contribution in [-0.4, -0.2) is 22.6 Å². The first-order valence-corrected chi connectivity index (χ1v) is 10.8. The molecule has 0 spiro atoms. The fraction of sp³-hybridized carbons (Fsp3) is 0.261. The maximum Gasteiger partial charge on any atom is 0.273 e. The van der Waals surface area contributed by atoms with E-state index in [4.69, 9.17) is 4.52 Å². The van der Waals surface area contributed by atoms with E-state index in [-0.39, 0.29) is 5.91 Å². The zero-order valence-electron chi connectivity index (χ0n) is 16.0. The number of carbonyl (C=O) groups is 1. The minimum Gasteiger partial charge on any atom is -0.355 e. The van der Waals surface area contributed by atoms with Crippen molar-refractivity contribution in [3.63, 3.8) is 0 Å². The lowest BCUT2D eigenvalue weighted by Gasteiger charge is -2.15. The van der Waals surface area contributed by atoms with Crippen LogP contribution in [0.4, 0.5) is 0 Å². The highest BCUT2D eigenvalue weighted by Gasteiger charge is 2.16. The maximum absolute atomic E-state index is 12.4. The summed E-state index contributed by atoms with van der Waals surface area (Å²) in [7, 11) is 0. The molecular formula is C23H21N3O2S. The number of para-hydroxylation sites is 1. The number of thiazole rings is 1. The number of fused-ring (bicyclic) bond motifs is 2. The summed E-state index contributed by atoms with van der Waals surface area (Å²) in [5.74, 6) is 0.411. The summed E-state index contributed by atoms with van der Waals surface area (Å²) in [6.45, 7) is 0.514. The Morgan fingerprint density at radius 1 is 1.07 bits per heavy atom. The van der Waals surface area contributed by atoms with Gasteiger partial charge in [-0.2, -0.15) is 0 Å². The van der Waals surface area contributed by atoms with Crippen molar-refractivity contribution in [3.8, 4) is 11.3 Å². The van der Waals surface area contributed by atoms with E-state index in [0.29, 0.717) is 24.4 Å². The van der Waals surface area contributed by atoms with Crippen LogP contribution in [0.25, 0.3) is 21.5 Å². The summed E-state index contributed by atoms with van der Waals surface area (Å²) >= 11 is 1.66. The van der Waals surface area contributed by atoms with E-state index in [9.17, 15) is 4.79 Å². The van der Waals surface area contributed by atoms with Crippen LogP contribution >= 0.6 is 11.3 Å². The highest BCUT2D eigenvalue weighted by Crippen LogP contribution is 2.28. The van der Waals surface area contributed by atoms with Crippen LogP contribution in [0.15, 0.2) is 53.1 Å². The summed E-state index contributed by atoms with van der Waals surface area (Å²) in [6.07, 6.45) is 5.44. The van der Waals surface area contributed by atoms with Gasteiger partial charge in [0.15, 0.2) is 11.5 Å². The van der Waals surface area contributed by atoms with Crippen LogP contribution < -0.4 is 5.32 Å². The Bertz CT molecular complexity index is 1140. The fourth-order valence-electron chi connectivity index (χ4n) is 3.81. The topological polar surface area (TPSA) is 68.0 Å². The van der Waals surface area contributed by atoms with Crippen molar-refractivity contribution >= 4 is 27.5 Å². The Hall–Kier alpha value is -2.99. The molecule has 1 aliphatic rings. The summed E-state index contributed by atoms with van der Waals surface area (Å²) in [6, 6.07) is 16.2. The van der Waals surface area contributed by atoms with E-state index in [1.807, 2.05) is 18.2 Å². The highest BCUT2D eigenvalue weighted by atomic mass is 32.1. The van der Waals surface area contributed by atoms with Gasteiger partial charge in [-0.15, -0.1) is 11.3 Å². The van der Waals surface area contributed by atoms with Gasteiger partial charge in [-0.1, -0.05) is 29.4 Å². The van der Waals surface area contributed by atoms with E-state index in [1.165, 1.54) is 28.7 Å².